The Hall–Kier alpha value is -0.210. The molecule has 0 aliphatic rings. The van der Waals surface area contributed by atoms with Crippen LogP contribution in [0, 0.1) is 0 Å². The molecule has 0 amide bonds. The number of aryl methyl sites for hydroxylation is 2. The Labute approximate surface area is 140 Å². The van der Waals surface area contributed by atoms with Crippen molar-refractivity contribution in [3.05, 3.63) is 36.7 Å². The maximum atomic E-state index is 5.74. The first-order chi connectivity index (χ1) is 9.58. The molecule has 0 bridgehead atoms. The molecule has 2 heterocycles. The molecule has 0 saturated heterocycles. The van der Waals surface area contributed by atoms with E-state index in [9.17, 15) is 0 Å². The number of hydrogen-bond donors (Lipinski definition) is 2. The second-order valence-corrected chi connectivity index (χ2v) is 7.75. The number of hydrazine groups is 1. The lowest BCUT2D eigenvalue weighted by molar-refractivity contribution is 0.522. The van der Waals surface area contributed by atoms with Crippen LogP contribution in [0.1, 0.15) is 36.2 Å². The minimum Gasteiger partial charge on any atom is -0.271 e. The van der Waals surface area contributed by atoms with Crippen LogP contribution < -0.4 is 11.3 Å². The molecule has 1 atom stereocenters. The molecule has 1 unspecified atom stereocenters. The fraction of sp³-hybridized carbons (Fsp3) is 0.462. The Morgan fingerprint density at radius 3 is 2.65 bits per heavy atom. The van der Waals surface area contributed by atoms with Crippen LogP contribution in [-0.2, 0) is 19.4 Å². The molecule has 0 radical (unpaired) electrons. The first-order valence-corrected chi connectivity index (χ1v) is 8.95. The third-order valence-corrected chi connectivity index (χ3v) is 6.57. The molecule has 7 heteroatoms. The van der Waals surface area contributed by atoms with Crippen molar-refractivity contribution in [2.45, 2.75) is 39.3 Å². The maximum absolute atomic E-state index is 5.74. The summed E-state index contributed by atoms with van der Waals surface area (Å²) in [7, 11) is 0. The van der Waals surface area contributed by atoms with Gasteiger partial charge in [0.15, 0.2) is 0 Å². The van der Waals surface area contributed by atoms with Crippen LogP contribution in [0.3, 0.4) is 0 Å². The second-order valence-electron chi connectivity index (χ2n) is 4.49. The molecule has 0 fully saturated rings. The van der Waals surface area contributed by atoms with E-state index in [1.165, 1.54) is 10.6 Å². The van der Waals surface area contributed by atoms with E-state index in [0.717, 1.165) is 33.3 Å². The molecule has 2 aromatic heterocycles. The zero-order valence-electron chi connectivity index (χ0n) is 11.5. The summed E-state index contributed by atoms with van der Waals surface area (Å²) >= 11 is 8.74. The number of nitrogens with zero attached hydrogens (tertiary/aromatic N) is 2. The van der Waals surface area contributed by atoms with Crippen LogP contribution in [0.2, 0.25) is 0 Å². The SMILES string of the molecule is CCc1cc(CC(NN)c2cc(Br)c(Br)s2)n(CC)n1. The molecule has 110 valence electrons. The molecule has 4 nitrogen and oxygen atoms in total. The molecule has 0 aliphatic carbocycles. The highest BCUT2D eigenvalue weighted by molar-refractivity contribution is 9.13. The summed E-state index contributed by atoms with van der Waals surface area (Å²) in [4.78, 5) is 1.20. The van der Waals surface area contributed by atoms with E-state index in [-0.39, 0.29) is 6.04 Å². The minimum absolute atomic E-state index is 0.0920. The Morgan fingerprint density at radius 1 is 1.40 bits per heavy atom. The monoisotopic (exact) mass is 420 g/mol. The maximum Gasteiger partial charge on any atom is 0.0843 e. The fourth-order valence-corrected chi connectivity index (χ4v) is 4.26. The van der Waals surface area contributed by atoms with Gasteiger partial charge in [-0.25, -0.2) is 0 Å². The molecule has 0 spiro atoms. The van der Waals surface area contributed by atoms with Crippen molar-refractivity contribution < 1.29 is 0 Å². The van der Waals surface area contributed by atoms with Gasteiger partial charge in [-0.15, -0.1) is 11.3 Å². The quantitative estimate of drug-likeness (QED) is 0.550. The highest BCUT2D eigenvalue weighted by atomic mass is 79.9. The summed E-state index contributed by atoms with van der Waals surface area (Å²) in [5.74, 6) is 5.74. The number of aromatic nitrogens is 2. The van der Waals surface area contributed by atoms with E-state index in [0.29, 0.717) is 0 Å². The van der Waals surface area contributed by atoms with Crippen molar-refractivity contribution in [3.8, 4) is 0 Å². The molecule has 2 rings (SSSR count). The van der Waals surface area contributed by atoms with E-state index in [1.807, 2.05) is 0 Å². The van der Waals surface area contributed by atoms with Gasteiger partial charge >= 0.3 is 0 Å². The Morgan fingerprint density at radius 2 is 2.15 bits per heavy atom. The number of nitrogens with two attached hydrogens (primary N) is 1. The van der Waals surface area contributed by atoms with Crippen molar-refractivity contribution >= 4 is 43.2 Å². The summed E-state index contributed by atoms with van der Waals surface area (Å²) in [6.45, 7) is 5.11. The van der Waals surface area contributed by atoms with Gasteiger partial charge in [0.05, 0.1) is 15.5 Å². The van der Waals surface area contributed by atoms with Gasteiger partial charge in [0.1, 0.15) is 0 Å². The minimum atomic E-state index is 0.0920. The first-order valence-electron chi connectivity index (χ1n) is 6.55. The number of rotatable bonds is 6. The van der Waals surface area contributed by atoms with Crippen molar-refractivity contribution in [3.63, 3.8) is 0 Å². The van der Waals surface area contributed by atoms with Crippen LogP contribution >= 0.6 is 43.2 Å². The highest BCUT2D eigenvalue weighted by Crippen LogP contribution is 2.36. The summed E-state index contributed by atoms with van der Waals surface area (Å²) in [6, 6.07) is 4.37. The van der Waals surface area contributed by atoms with Gasteiger partial charge in [-0.1, -0.05) is 6.92 Å². The highest BCUT2D eigenvalue weighted by Gasteiger charge is 2.18. The van der Waals surface area contributed by atoms with Crippen LogP contribution in [0.25, 0.3) is 0 Å². The van der Waals surface area contributed by atoms with Gasteiger partial charge in [-0.3, -0.25) is 16.0 Å². The second kappa shape index (κ2) is 7.17. The van der Waals surface area contributed by atoms with Gasteiger partial charge in [0.25, 0.3) is 0 Å². The Kier molecular flexibility index (Phi) is 5.80. The standard InChI is InChI=1S/C13H18Br2N4S/c1-3-8-5-9(19(4-2)18-8)6-11(17-16)12-7-10(14)13(15)20-12/h5,7,11,17H,3-4,6,16H2,1-2H3. The molecular weight excluding hydrogens is 404 g/mol. The van der Waals surface area contributed by atoms with Crippen LogP contribution in [0.5, 0.6) is 0 Å². The van der Waals surface area contributed by atoms with Crippen LogP contribution in [0.15, 0.2) is 20.4 Å². The average molecular weight is 422 g/mol. The topological polar surface area (TPSA) is 55.9 Å². The molecule has 2 aromatic rings. The molecular formula is C13H18Br2N4S. The van der Waals surface area contributed by atoms with E-state index >= 15 is 0 Å². The Balaban J connectivity index is 2.23. The normalized spacial score (nSPS) is 12.8. The van der Waals surface area contributed by atoms with Crippen molar-refractivity contribution in [2.24, 2.45) is 5.84 Å². The summed E-state index contributed by atoms with van der Waals surface area (Å²) in [5, 5.41) is 4.58. The Bertz CT molecular complexity index is 559. The third-order valence-electron chi connectivity index (χ3n) is 3.20. The van der Waals surface area contributed by atoms with Gasteiger partial charge in [-0.2, -0.15) is 5.10 Å². The van der Waals surface area contributed by atoms with E-state index in [1.54, 1.807) is 11.3 Å². The van der Waals surface area contributed by atoms with Gasteiger partial charge < -0.3 is 0 Å². The molecule has 20 heavy (non-hydrogen) atoms. The van der Waals surface area contributed by atoms with Crippen LogP contribution in [0.4, 0.5) is 0 Å². The smallest absolute Gasteiger partial charge is 0.0843 e. The van der Waals surface area contributed by atoms with E-state index in [2.05, 4.69) is 73.0 Å². The van der Waals surface area contributed by atoms with Gasteiger partial charge in [-0.05, 0) is 57.3 Å². The molecule has 0 saturated carbocycles. The zero-order chi connectivity index (χ0) is 14.7. The zero-order valence-corrected chi connectivity index (χ0v) is 15.5. The summed E-state index contributed by atoms with van der Waals surface area (Å²) in [6.07, 6.45) is 1.79. The number of thiophene rings is 1. The lowest BCUT2D eigenvalue weighted by atomic mass is 10.1. The van der Waals surface area contributed by atoms with Gasteiger partial charge in [0.2, 0.25) is 0 Å². The van der Waals surface area contributed by atoms with E-state index < -0.39 is 0 Å². The van der Waals surface area contributed by atoms with Gasteiger partial charge in [0, 0.05) is 28.0 Å². The number of nitrogens with one attached hydrogen (secondary N) is 1. The first kappa shape index (κ1) is 16.2. The van der Waals surface area contributed by atoms with Crippen molar-refractivity contribution in [1.29, 1.82) is 0 Å². The number of hydrogen-bond acceptors (Lipinski definition) is 4. The predicted octanol–water partition coefficient (Wildman–Crippen LogP) is 3.80. The largest absolute Gasteiger partial charge is 0.271 e. The lowest BCUT2D eigenvalue weighted by Gasteiger charge is -2.14. The van der Waals surface area contributed by atoms with Crippen molar-refractivity contribution in [2.75, 3.05) is 0 Å². The third kappa shape index (κ3) is 3.51. The molecule has 0 aromatic carbocycles. The predicted molar refractivity (Wildman–Crippen MR) is 90.8 cm³/mol. The summed E-state index contributed by atoms with van der Waals surface area (Å²) in [5.41, 5.74) is 5.26. The lowest BCUT2D eigenvalue weighted by Crippen LogP contribution is -2.29. The van der Waals surface area contributed by atoms with E-state index in [4.69, 9.17) is 5.84 Å². The summed E-state index contributed by atoms with van der Waals surface area (Å²) < 4.78 is 4.21. The van der Waals surface area contributed by atoms with Crippen LogP contribution in [-0.4, -0.2) is 9.78 Å². The average Bonchev–Trinajstić information content (AvgIpc) is 2.99. The fourth-order valence-electron chi connectivity index (χ4n) is 2.11. The number of halogens is 2. The molecule has 0 aliphatic heterocycles. The molecule has 3 N–H and O–H groups in total. The van der Waals surface area contributed by atoms with Crippen molar-refractivity contribution in [1.82, 2.24) is 15.2 Å².